The first kappa shape index (κ1) is 15.2. The standard InChI is InChI=1S/C14H26O2/c1-3-4-5-6-7-8-9-10-11-12-13-16-14(2)15/h9-10H,3-8,11-13H2,1-2H3. The van der Waals surface area contributed by atoms with Crippen molar-refractivity contribution in [3.8, 4) is 0 Å². The summed E-state index contributed by atoms with van der Waals surface area (Å²) in [5.74, 6) is -0.181. The lowest BCUT2D eigenvalue weighted by Crippen LogP contribution is -1.99. The van der Waals surface area contributed by atoms with Crippen LogP contribution in [0.25, 0.3) is 0 Å². The third-order valence-corrected chi connectivity index (χ3v) is 2.46. The summed E-state index contributed by atoms with van der Waals surface area (Å²) in [6, 6.07) is 0. The highest BCUT2D eigenvalue weighted by molar-refractivity contribution is 5.65. The van der Waals surface area contributed by atoms with Crippen molar-refractivity contribution in [3.05, 3.63) is 12.2 Å². The van der Waals surface area contributed by atoms with Crippen LogP contribution < -0.4 is 0 Å². The van der Waals surface area contributed by atoms with Gasteiger partial charge in [-0.2, -0.15) is 0 Å². The Bertz CT molecular complexity index is 185. The second-order valence-corrected chi connectivity index (χ2v) is 4.16. The number of allylic oxidation sites excluding steroid dienone is 2. The Hall–Kier alpha value is -0.790. The van der Waals surface area contributed by atoms with Gasteiger partial charge in [0.1, 0.15) is 0 Å². The summed E-state index contributed by atoms with van der Waals surface area (Å²) < 4.78 is 4.84. The van der Waals surface area contributed by atoms with Crippen molar-refractivity contribution in [2.45, 2.75) is 65.2 Å². The largest absolute Gasteiger partial charge is 0.466 e. The van der Waals surface area contributed by atoms with E-state index in [1.807, 2.05) is 0 Å². The topological polar surface area (TPSA) is 26.3 Å². The second kappa shape index (κ2) is 12.3. The maximum absolute atomic E-state index is 10.5. The summed E-state index contributed by atoms with van der Waals surface area (Å²) in [4.78, 5) is 10.5. The molecular weight excluding hydrogens is 200 g/mol. The lowest BCUT2D eigenvalue weighted by molar-refractivity contribution is -0.141. The van der Waals surface area contributed by atoms with Crippen molar-refractivity contribution >= 4 is 5.97 Å². The van der Waals surface area contributed by atoms with E-state index < -0.39 is 0 Å². The van der Waals surface area contributed by atoms with Crippen LogP contribution in [-0.4, -0.2) is 12.6 Å². The van der Waals surface area contributed by atoms with E-state index in [0.717, 1.165) is 12.8 Å². The van der Waals surface area contributed by atoms with E-state index in [9.17, 15) is 4.79 Å². The van der Waals surface area contributed by atoms with Crippen molar-refractivity contribution < 1.29 is 9.53 Å². The molecule has 0 N–H and O–H groups in total. The number of ether oxygens (including phenoxy) is 1. The smallest absolute Gasteiger partial charge is 0.302 e. The van der Waals surface area contributed by atoms with Crippen LogP contribution in [0.5, 0.6) is 0 Å². The fourth-order valence-corrected chi connectivity index (χ4v) is 1.52. The maximum atomic E-state index is 10.5. The lowest BCUT2D eigenvalue weighted by Gasteiger charge is -1.98. The van der Waals surface area contributed by atoms with E-state index in [1.54, 1.807) is 0 Å². The van der Waals surface area contributed by atoms with Crippen LogP contribution in [0.4, 0.5) is 0 Å². The summed E-state index contributed by atoms with van der Waals surface area (Å²) in [7, 11) is 0. The Morgan fingerprint density at radius 3 is 2.25 bits per heavy atom. The van der Waals surface area contributed by atoms with Crippen LogP contribution in [0.2, 0.25) is 0 Å². The number of carbonyl (C=O) groups excluding carboxylic acids is 1. The number of esters is 1. The van der Waals surface area contributed by atoms with E-state index in [1.165, 1.54) is 45.4 Å². The zero-order valence-electron chi connectivity index (χ0n) is 10.8. The monoisotopic (exact) mass is 226 g/mol. The van der Waals surface area contributed by atoms with Gasteiger partial charge in [-0.1, -0.05) is 44.8 Å². The molecule has 0 aliphatic rings. The molecule has 94 valence electrons. The molecule has 2 nitrogen and oxygen atoms in total. The average Bonchev–Trinajstić information content (AvgIpc) is 2.25. The zero-order chi connectivity index (χ0) is 12.1. The lowest BCUT2D eigenvalue weighted by atomic mass is 10.1. The van der Waals surface area contributed by atoms with E-state index in [4.69, 9.17) is 4.74 Å². The van der Waals surface area contributed by atoms with Gasteiger partial charge in [0.05, 0.1) is 6.61 Å². The summed E-state index contributed by atoms with van der Waals surface area (Å²) in [6.45, 7) is 4.24. The average molecular weight is 226 g/mol. The summed E-state index contributed by atoms with van der Waals surface area (Å²) >= 11 is 0. The fourth-order valence-electron chi connectivity index (χ4n) is 1.52. The number of hydrogen-bond donors (Lipinski definition) is 0. The molecule has 0 radical (unpaired) electrons. The quantitative estimate of drug-likeness (QED) is 0.316. The van der Waals surface area contributed by atoms with Gasteiger partial charge in [-0.3, -0.25) is 4.79 Å². The van der Waals surface area contributed by atoms with Gasteiger partial charge >= 0.3 is 5.97 Å². The number of rotatable bonds is 10. The Morgan fingerprint density at radius 1 is 1.00 bits per heavy atom. The summed E-state index contributed by atoms with van der Waals surface area (Å²) in [6.07, 6.45) is 14.3. The zero-order valence-corrected chi connectivity index (χ0v) is 10.8. The Labute approximate surface area is 100 Å². The van der Waals surface area contributed by atoms with Gasteiger partial charge in [0.2, 0.25) is 0 Å². The van der Waals surface area contributed by atoms with Crippen LogP contribution in [0.1, 0.15) is 65.2 Å². The molecule has 0 saturated carbocycles. The van der Waals surface area contributed by atoms with Crippen LogP contribution >= 0.6 is 0 Å². The Kier molecular flexibility index (Phi) is 11.7. The van der Waals surface area contributed by atoms with Crippen molar-refractivity contribution in [1.29, 1.82) is 0 Å². The van der Waals surface area contributed by atoms with Gasteiger partial charge in [-0.25, -0.2) is 0 Å². The first-order valence-corrected chi connectivity index (χ1v) is 6.55. The van der Waals surface area contributed by atoms with Crippen molar-refractivity contribution in [3.63, 3.8) is 0 Å². The van der Waals surface area contributed by atoms with Crippen LogP contribution in [0.15, 0.2) is 12.2 Å². The number of hydrogen-bond acceptors (Lipinski definition) is 2. The SMILES string of the molecule is CCCCCCCC=CCCCOC(C)=O. The third-order valence-electron chi connectivity index (χ3n) is 2.46. The molecule has 0 saturated heterocycles. The van der Waals surface area contributed by atoms with Gasteiger partial charge in [0.25, 0.3) is 0 Å². The fraction of sp³-hybridized carbons (Fsp3) is 0.786. The minimum atomic E-state index is -0.181. The molecule has 0 aromatic rings. The van der Waals surface area contributed by atoms with Crippen LogP contribution in [0.3, 0.4) is 0 Å². The first-order valence-electron chi connectivity index (χ1n) is 6.55. The predicted octanol–water partition coefficient (Wildman–Crippen LogP) is 4.25. The van der Waals surface area contributed by atoms with Crippen molar-refractivity contribution in [2.24, 2.45) is 0 Å². The van der Waals surface area contributed by atoms with Crippen LogP contribution in [0, 0.1) is 0 Å². The molecule has 0 unspecified atom stereocenters. The van der Waals surface area contributed by atoms with Gasteiger partial charge in [0.15, 0.2) is 0 Å². The van der Waals surface area contributed by atoms with Gasteiger partial charge < -0.3 is 4.74 Å². The van der Waals surface area contributed by atoms with E-state index in [-0.39, 0.29) is 5.97 Å². The van der Waals surface area contributed by atoms with E-state index >= 15 is 0 Å². The second-order valence-electron chi connectivity index (χ2n) is 4.16. The molecular formula is C14H26O2. The number of unbranched alkanes of at least 4 members (excludes halogenated alkanes) is 6. The molecule has 0 rings (SSSR count). The molecule has 0 atom stereocenters. The van der Waals surface area contributed by atoms with Gasteiger partial charge in [-0.05, 0) is 25.7 Å². The van der Waals surface area contributed by atoms with Gasteiger partial charge in [0, 0.05) is 6.92 Å². The van der Waals surface area contributed by atoms with E-state index in [2.05, 4.69) is 19.1 Å². The molecule has 0 fully saturated rings. The molecule has 0 aliphatic carbocycles. The molecule has 0 bridgehead atoms. The minimum absolute atomic E-state index is 0.181. The first-order chi connectivity index (χ1) is 7.77. The van der Waals surface area contributed by atoms with Crippen molar-refractivity contribution in [2.75, 3.05) is 6.61 Å². The minimum Gasteiger partial charge on any atom is -0.466 e. The summed E-state index contributed by atoms with van der Waals surface area (Å²) in [5.41, 5.74) is 0. The molecule has 16 heavy (non-hydrogen) atoms. The molecule has 0 aromatic carbocycles. The molecule has 0 aliphatic heterocycles. The van der Waals surface area contributed by atoms with Gasteiger partial charge in [-0.15, -0.1) is 0 Å². The molecule has 0 aromatic heterocycles. The van der Waals surface area contributed by atoms with E-state index in [0.29, 0.717) is 6.61 Å². The maximum Gasteiger partial charge on any atom is 0.302 e. The molecule has 2 heteroatoms. The number of carbonyl (C=O) groups is 1. The Morgan fingerprint density at radius 2 is 1.62 bits per heavy atom. The highest BCUT2D eigenvalue weighted by Gasteiger charge is 1.90. The normalized spacial score (nSPS) is 10.9. The molecule has 0 heterocycles. The van der Waals surface area contributed by atoms with Crippen molar-refractivity contribution in [1.82, 2.24) is 0 Å². The highest BCUT2D eigenvalue weighted by Crippen LogP contribution is 2.05. The Balaban J connectivity index is 3.07. The molecule has 0 spiro atoms. The molecule has 0 amide bonds. The van der Waals surface area contributed by atoms with Crippen LogP contribution in [-0.2, 0) is 9.53 Å². The predicted molar refractivity (Wildman–Crippen MR) is 68.4 cm³/mol. The summed E-state index contributed by atoms with van der Waals surface area (Å²) in [5, 5.41) is 0. The third kappa shape index (κ3) is 13.2. The highest BCUT2D eigenvalue weighted by atomic mass is 16.5.